The lowest BCUT2D eigenvalue weighted by Crippen LogP contribution is -2.40. The molecule has 0 saturated carbocycles. The van der Waals surface area contributed by atoms with Crippen molar-refractivity contribution in [2.75, 3.05) is 20.1 Å². The van der Waals surface area contributed by atoms with Gasteiger partial charge in [0.15, 0.2) is 5.78 Å². The number of carbonyl (C=O) groups excluding carboxylic acids is 2. The average Bonchev–Trinajstić information content (AvgIpc) is 2.27. The van der Waals surface area contributed by atoms with E-state index in [9.17, 15) is 14.0 Å². The second kappa shape index (κ2) is 6.99. The Kier molecular flexibility index (Phi) is 5.63. The Hall–Kier alpha value is -1.75. The summed E-state index contributed by atoms with van der Waals surface area (Å²) in [5.74, 6) is -0.634. The number of likely N-dealkylation sites (N-methyl/N-ethyl adjacent to an activating group) is 1. The second-order valence-corrected chi connectivity index (χ2v) is 4.82. The quantitative estimate of drug-likeness (QED) is 0.793. The van der Waals surface area contributed by atoms with Gasteiger partial charge in [-0.2, -0.15) is 0 Å². The molecule has 0 aromatic heterocycles. The summed E-state index contributed by atoms with van der Waals surface area (Å²) in [7, 11) is 1.70. The summed E-state index contributed by atoms with van der Waals surface area (Å²) in [6, 6.07) is 5.46. The van der Waals surface area contributed by atoms with Gasteiger partial charge in [0, 0.05) is 11.6 Å². The van der Waals surface area contributed by atoms with E-state index in [1.54, 1.807) is 11.9 Å². The Morgan fingerprint density at radius 3 is 2.32 bits per heavy atom. The molecule has 0 aliphatic heterocycles. The summed E-state index contributed by atoms with van der Waals surface area (Å²) in [5, 5.41) is 2.75. The van der Waals surface area contributed by atoms with Crippen molar-refractivity contribution in [3.63, 3.8) is 0 Å². The SMILES string of the molecule is CC(C)NC(=O)CN(C)CC(=O)c1ccc(F)cc1. The number of nitrogens with zero attached hydrogens (tertiary/aromatic N) is 1. The maximum Gasteiger partial charge on any atom is 0.234 e. The lowest BCUT2D eigenvalue weighted by atomic mass is 10.1. The molecule has 1 N–H and O–H groups in total. The molecule has 0 unspecified atom stereocenters. The Balaban J connectivity index is 2.48. The van der Waals surface area contributed by atoms with Crippen LogP contribution in [0.3, 0.4) is 0 Å². The van der Waals surface area contributed by atoms with E-state index in [0.29, 0.717) is 5.56 Å². The monoisotopic (exact) mass is 266 g/mol. The van der Waals surface area contributed by atoms with Gasteiger partial charge in [0.1, 0.15) is 5.82 Å². The molecule has 1 aromatic rings. The first-order valence-corrected chi connectivity index (χ1v) is 6.15. The normalized spacial score (nSPS) is 10.8. The molecular formula is C14H19FN2O2. The predicted octanol–water partition coefficient (Wildman–Crippen LogP) is 1.46. The first-order chi connectivity index (χ1) is 8.88. The van der Waals surface area contributed by atoms with Gasteiger partial charge in [-0.3, -0.25) is 14.5 Å². The third-order valence-corrected chi connectivity index (χ3v) is 2.44. The number of amides is 1. The first-order valence-electron chi connectivity index (χ1n) is 6.15. The molecule has 1 rings (SSSR count). The number of rotatable bonds is 6. The van der Waals surface area contributed by atoms with Gasteiger partial charge in [0.25, 0.3) is 0 Å². The second-order valence-electron chi connectivity index (χ2n) is 4.82. The fraction of sp³-hybridized carbons (Fsp3) is 0.429. The number of Topliss-reactive ketones (excluding diaryl/α,β-unsaturated/α-hetero) is 1. The van der Waals surface area contributed by atoms with Crippen LogP contribution < -0.4 is 5.32 Å². The number of hydrogen-bond donors (Lipinski definition) is 1. The van der Waals surface area contributed by atoms with Crippen LogP contribution in [0.2, 0.25) is 0 Å². The van der Waals surface area contributed by atoms with Gasteiger partial charge in [0.05, 0.1) is 13.1 Å². The zero-order valence-electron chi connectivity index (χ0n) is 11.4. The molecule has 0 aliphatic rings. The van der Waals surface area contributed by atoms with Gasteiger partial charge in [-0.1, -0.05) is 0 Å². The molecule has 0 aliphatic carbocycles. The van der Waals surface area contributed by atoms with Crippen molar-refractivity contribution in [3.8, 4) is 0 Å². The van der Waals surface area contributed by atoms with Crippen LogP contribution in [0.5, 0.6) is 0 Å². The van der Waals surface area contributed by atoms with Crippen LogP contribution in [0.15, 0.2) is 24.3 Å². The van der Waals surface area contributed by atoms with Gasteiger partial charge < -0.3 is 5.32 Å². The number of benzene rings is 1. The van der Waals surface area contributed by atoms with E-state index in [0.717, 1.165) is 0 Å². The van der Waals surface area contributed by atoms with Gasteiger partial charge in [-0.05, 0) is 45.2 Å². The van der Waals surface area contributed by atoms with Crippen LogP contribution in [0, 0.1) is 5.82 Å². The summed E-state index contributed by atoms with van der Waals surface area (Å²) in [6.07, 6.45) is 0. The molecule has 1 aromatic carbocycles. The molecule has 1 amide bonds. The minimum absolute atomic E-state index is 0.0775. The van der Waals surface area contributed by atoms with Crippen LogP contribution in [0.4, 0.5) is 4.39 Å². The smallest absolute Gasteiger partial charge is 0.234 e. The summed E-state index contributed by atoms with van der Waals surface area (Å²) >= 11 is 0. The van der Waals surface area contributed by atoms with Crippen molar-refractivity contribution in [2.45, 2.75) is 19.9 Å². The van der Waals surface area contributed by atoms with Crippen LogP contribution >= 0.6 is 0 Å². The highest BCUT2D eigenvalue weighted by molar-refractivity contribution is 5.97. The molecular weight excluding hydrogens is 247 g/mol. The van der Waals surface area contributed by atoms with Gasteiger partial charge in [-0.25, -0.2) is 4.39 Å². The van der Waals surface area contributed by atoms with Crippen LogP contribution in [0.1, 0.15) is 24.2 Å². The first kappa shape index (κ1) is 15.3. The zero-order valence-corrected chi connectivity index (χ0v) is 11.4. The largest absolute Gasteiger partial charge is 0.353 e. The van der Waals surface area contributed by atoms with Crippen molar-refractivity contribution in [1.29, 1.82) is 0 Å². The number of ketones is 1. The standard InChI is InChI=1S/C14H19FN2O2/c1-10(2)16-14(19)9-17(3)8-13(18)11-4-6-12(15)7-5-11/h4-7,10H,8-9H2,1-3H3,(H,16,19). The van der Waals surface area contributed by atoms with Crippen molar-refractivity contribution in [3.05, 3.63) is 35.6 Å². The third kappa shape index (κ3) is 5.61. The molecule has 5 heteroatoms. The van der Waals surface area contributed by atoms with E-state index >= 15 is 0 Å². The number of hydrogen-bond acceptors (Lipinski definition) is 3. The van der Waals surface area contributed by atoms with E-state index < -0.39 is 0 Å². The van der Waals surface area contributed by atoms with Crippen LogP contribution in [-0.2, 0) is 4.79 Å². The highest BCUT2D eigenvalue weighted by Crippen LogP contribution is 2.04. The van der Waals surface area contributed by atoms with E-state index in [4.69, 9.17) is 0 Å². The van der Waals surface area contributed by atoms with Gasteiger partial charge in [0.2, 0.25) is 5.91 Å². The summed E-state index contributed by atoms with van der Waals surface area (Å²) in [5.41, 5.74) is 0.442. The average molecular weight is 266 g/mol. The molecule has 0 fully saturated rings. The number of nitrogens with one attached hydrogen (secondary N) is 1. The highest BCUT2D eigenvalue weighted by Gasteiger charge is 2.12. The van der Waals surface area contributed by atoms with Crippen LogP contribution in [-0.4, -0.2) is 42.8 Å². The molecule has 0 atom stereocenters. The number of halogens is 1. The lowest BCUT2D eigenvalue weighted by Gasteiger charge is -2.16. The Morgan fingerprint density at radius 1 is 1.21 bits per heavy atom. The van der Waals surface area contributed by atoms with E-state index in [1.807, 2.05) is 13.8 Å². The molecule has 4 nitrogen and oxygen atoms in total. The zero-order chi connectivity index (χ0) is 14.4. The maximum atomic E-state index is 12.7. The number of carbonyl (C=O) groups is 2. The molecule has 104 valence electrons. The third-order valence-electron chi connectivity index (χ3n) is 2.44. The summed E-state index contributed by atoms with van der Waals surface area (Å²) in [4.78, 5) is 25.0. The summed E-state index contributed by atoms with van der Waals surface area (Å²) < 4.78 is 12.7. The summed E-state index contributed by atoms with van der Waals surface area (Å²) in [6.45, 7) is 4.03. The Labute approximate surface area is 112 Å². The van der Waals surface area contributed by atoms with Gasteiger partial charge >= 0.3 is 0 Å². The van der Waals surface area contributed by atoms with Gasteiger partial charge in [-0.15, -0.1) is 0 Å². The van der Waals surface area contributed by atoms with Crippen molar-refractivity contribution in [2.24, 2.45) is 0 Å². The maximum absolute atomic E-state index is 12.7. The Bertz CT molecular complexity index is 443. The fourth-order valence-electron chi connectivity index (χ4n) is 1.64. The molecule has 0 spiro atoms. The predicted molar refractivity (Wildman–Crippen MR) is 71.5 cm³/mol. The topological polar surface area (TPSA) is 49.4 Å². The molecule has 0 bridgehead atoms. The molecule has 19 heavy (non-hydrogen) atoms. The minimum Gasteiger partial charge on any atom is -0.353 e. The highest BCUT2D eigenvalue weighted by atomic mass is 19.1. The Morgan fingerprint density at radius 2 is 1.79 bits per heavy atom. The van der Waals surface area contributed by atoms with Crippen LogP contribution in [0.25, 0.3) is 0 Å². The van der Waals surface area contributed by atoms with E-state index in [1.165, 1.54) is 24.3 Å². The molecule has 0 saturated heterocycles. The molecule has 0 heterocycles. The van der Waals surface area contributed by atoms with E-state index in [2.05, 4.69) is 5.32 Å². The lowest BCUT2D eigenvalue weighted by molar-refractivity contribution is -0.122. The fourth-order valence-corrected chi connectivity index (χ4v) is 1.64. The van der Waals surface area contributed by atoms with Crippen molar-refractivity contribution >= 4 is 11.7 Å². The van der Waals surface area contributed by atoms with E-state index in [-0.39, 0.29) is 36.6 Å². The molecule has 0 radical (unpaired) electrons. The minimum atomic E-state index is -0.374. The van der Waals surface area contributed by atoms with Crippen molar-refractivity contribution < 1.29 is 14.0 Å². The van der Waals surface area contributed by atoms with Crippen molar-refractivity contribution in [1.82, 2.24) is 10.2 Å².